The maximum atomic E-state index is 12.7. The van der Waals surface area contributed by atoms with Gasteiger partial charge < -0.3 is 20.1 Å². The normalized spacial score (nSPS) is 25.6. The Bertz CT molecular complexity index is 605. The van der Waals surface area contributed by atoms with E-state index in [9.17, 15) is 4.79 Å². The first-order valence-electron chi connectivity index (χ1n) is 9.14. The van der Waals surface area contributed by atoms with Crippen LogP contribution in [0.1, 0.15) is 48.0 Å². The lowest BCUT2D eigenvalue weighted by atomic mass is 9.84. The highest BCUT2D eigenvalue weighted by Gasteiger charge is 2.39. The highest BCUT2D eigenvalue weighted by molar-refractivity contribution is 5.95. The molecule has 24 heavy (non-hydrogen) atoms. The molecule has 0 saturated carbocycles. The molecule has 1 atom stereocenters. The SMILES string of the molecule is O=C(N[C@@H]1CCOC2(CCOCC2)C1)c1ccc2c(c1)CCCN2. The summed E-state index contributed by atoms with van der Waals surface area (Å²) in [6.45, 7) is 3.27. The first-order chi connectivity index (χ1) is 11.7. The van der Waals surface area contributed by atoms with Crippen LogP contribution in [0.5, 0.6) is 0 Å². The number of nitrogens with one attached hydrogen (secondary N) is 2. The topological polar surface area (TPSA) is 59.6 Å². The van der Waals surface area contributed by atoms with Crippen molar-refractivity contribution >= 4 is 11.6 Å². The van der Waals surface area contributed by atoms with Gasteiger partial charge in [0.25, 0.3) is 5.91 Å². The zero-order valence-electron chi connectivity index (χ0n) is 14.1. The second-order valence-electron chi connectivity index (χ2n) is 7.21. The van der Waals surface area contributed by atoms with E-state index in [1.54, 1.807) is 0 Å². The number of fused-ring (bicyclic) bond motifs is 1. The Morgan fingerprint density at radius 3 is 3.00 bits per heavy atom. The van der Waals surface area contributed by atoms with E-state index in [4.69, 9.17) is 9.47 Å². The van der Waals surface area contributed by atoms with Crippen LogP contribution in [-0.2, 0) is 15.9 Å². The summed E-state index contributed by atoms with van der Waals surface area (Å²) in [5.41, 5.74) is 3.10. The standard InChI is InChI=1S/C19H26N2O3/c22-18(15-3-4-17-14(12-15)2-1-8-20-17)21-16-5-9-24-19(13-16)6-10-23-11-7-19/h3-4,12,16,20H,1-2,5-11,13H2,(H,21,22)/t16-/m1/s1. The van der Waals surface area contributed by atoms with Crippen molar-refractivity contribution in [2.24, 2.45) is 0 Å². The van der Waals surface area contributed by atoms with Crippen LogP contribution in [0, 0.1) is 0 Å². The summed E-state index contributed by atoms with van der Waals surface area (Å²) in [5, 5.41) is 6.62. The summed E-state index contributed by atoms with van der Waals surface area (Å²) in [7, 11) is 0. The molecule has 1 aromatic carbocycles. The number of rotatable bonds is 2. The second kappa shape index (κ2) is 6.73. The molecule has 5 heteroatoms. The molecule has 5 nitrogen and oxygen atoms in total. The Hall–Kier alpha value is -1.59. The van der Waals surface area contributed by atoms with Crippen LogP contribution in [0.4, 0.5) is 5.69 Å². The van der Waals surface area contributed by atoms with Gasteiger partial charge >= 0.3 is 0 Å². The van der Waals surface area contributed by atoms with Crippen molar-refractivity contribution in [3.8, 4) is 0 Å². The van der Waals surface area contributed by atoms with Gasteiger partial charge in [-0.25, -0.2) is 0 Å². The van der Waals surface area contributed by atoms with Crippen molar-refractivity contribution in [2.45, 2.75) is 50.2 Å². The number of ether oxygens (including phenoxy) is 2. The molecule has 2 N–H and O–H groups in total. The van der Waals surface area contributed by atoms with Gasteiger partial charge in [-0.05, 0) is 62.3 Å². The predicted molar refractivity (Wildman–Crippen MR) is 92.5 cm³/mol. The average molecular weight is 330 g/mol. The van der Waals surface area contributed by atoms with Crippen molar-refractivity contribution in [3.05, 3.63) is 29.3 Å². The Morgan fingerprint density at radius 1 is 1.25 bits per heavy atom. The van der Waals surface area contributed by atoms with Crippen LogP contribution in [0.3, 0.4) is 0 Å². The van der Waals surface area contributed by atoms with Crippen molar-refractivity contribution in [2.75, 3.05) is 31.7 Å². The number of hydrogen-bond acceptors (Lipinski definition) is 4. The fraction of sp³-hybridized carbons (Fsp3) is 0.632. The number of carbonyl (C=O) groups excluding carboxylic acids is 1. The van der Waals surface area contributed by atoms with Crippen LogP contribution in [0.15, 0.2) is 18.2 Å². The Morgan fingerprint density at radius 2 is 2.12 bits per heavy atom. The van der Waals surface area contributed by atoms with Gasteiger partial charge in [0.1, 0.15) is 0 Å². The monoisotopic (exact) mass is 330 g/mol. The van der Waals surface area contributed by atoms with Gasteiger partial charge in [-0.15, -0.1) is 0 Å². The first kappa shape index (κ1) is 15.9. The summed E-state index contributed by atoms with van der Waals surface area (Å²) in [5.74, 6) is 0.0393. The van der Waals surface area contributed by atoms with Crippen LogP contribution in [0.25, 0.3) is 0 Å². The molecule has 130 valence electrons. The fourth-order valence-electron chi connectivity index (χ4n) is 4.13. The van der Waals surface area contributed by atoms with Gasteiger partial charge in [-0.2, -0.15) is 0 Å². The molecule has 3 aliphatic rings. The number of aryl methyl sites for hydroxylation is 1. The molecule has 0 unspecified atom stereocenters. The molecule has 1 aromatic rings. The molecule has 0 aliphatic carbocycles. The van der Waals surface area contributed by atoms with Gasteiger partial charge in [0.2, 0.25) is 0 Å². The van der Waals surface area contributed by atoms with Gasteiger partial charge in [-0.1, -0.05) is 0 Å². The van der Waals surface area contributed by atoms with Crippen LogP contribution >= 0.6 is 0 Å². The third-order valence-corrected chi connectivity index (χ3v) is 5.54. The minimum Gasteiger partial charge on any atom is -0.385 e. The molecule has 1 spiro atoms. The summed E-state index contributed by atoms with van der Waals surface area (Å²) < 4.78 is 11.5. The minimum absolute atomic E-state index is 0.0393. The fourth-order valence-corrected chi connectivity index (χ4v) is 4.13. The maximum absolute atomic E-state index is 12.7. The van der Waals surface area contributed by atoms with Gasteiger partial charge in [0.15, 0.2) is 0 Å². The quantitative estimate of drug-likeness (QED) is 0.875. The predicted octanol–water partition coefficient (Wildman–Crippen LogP) is 2.50. The summed E-state index contributed by atoms with van der Waals surface area (Å²) in [6.07, 6.45) is 5.83. The van der Waals surface area contributed by atoms with Crippen LogP contribution in [-0.4, -0.2) is 43.9 Å². The average Bonchev–Trinajstić information content (AvgIpc) is 2.62. The molecular weight excluding hydrogens is 304 g/mol. The van der Waals surface area contributed by atoms with Crippen LogP contribution in [0.2, 0.25) is 0 Å². The van der Waals surface area contributed by atoms with Gasteiger partial charge in [0.05, 0.1) is 5.60 Å². The molecule has 3 aliphatic heterocycles. The maximum Gasteiger partial charge on any atom is 0.251 e. The van der Waals surface area contributed by atoms with E-state index in [-0.39, 0.29) is 17.6 Å². The highest BCUT2D eigenvalue weighted by Crippen LogP contribution is 2.34. The zero-order valence-corrected chi connectivity index (χ0v) is 14.1. The second-order valence-corrected chi connectivity index (χ2v) is 7.21. The molecule has 3 heterocycles. The van der Waals surface area contributed by atoms with Gasteiger partial charge in [-0.3, -0.25) is 4.79 Å². The molecule has 2 fully saturated rings. The van der Waals surface area contributed by atoms with Crippen molar-refractivity contribution in [1.29, 1.82) is 0 Å². The molecule has 0 radical (unpaired) electrons. The lowest BCUT2D eigenvalue weighted by molar-refractivity contribution is -0.139. The van der Waals surface area contributed by atoms with E-state index in [2.05, 4.69) is 10.6 Å². The van der Waals surface area contributed by atoms with E-state index in [0.717, 1.165) is 70.5 Å². The molecular formula is C19H26N2O3. The van der Waals surface area contributed by atoms with E-state index in [0.29, 0.717) is 0 Å². The Kier molecular flexibility index (Phi) is 4.46. The first-order valence-corrected chi connectivity index (χ1v) is 9.14. The third-order valence-electron chi connectivity index (χ3n) is 5.54. The number of amides is 1. The number of carbonyl (C=O) groups is 1. The largest absolute Gasteiger partial charge is 0.385 e. The van der Waals surface area contributed by atoms with Crippen LogP contribution < -0.4 is 10.6 Å². The van der Waals surface area contributed by atoms with Gasteiger partial charge in [0, 0.05) is 43.7 Å². The summed E-state index contributed by atoms with van der Waals surface area (Å²) in [4.78, 5) is 12.7. The summed E-state index contributed by atoms with van der Waals surface area (Å²) >= 11 is 0. The molecule has 2 saturated heterocycles. The number of hydrogen-bond donors (Lipinski definition) is 2. The highest BCUT2D eigenvalue weighted by atomic mass is 16.5. The van der Waals surface area contributed by atoms with Crippen molar-refractivity contribution in [3.63, 3.8) is 0 Å². The zero-order chi connectivity index (χ0) is 16.4. The lowest BCUT2D eigenvalue weighted by Crippen LogP contribution is -2.51. The Balaban J connectivity index is 1.42. The molecule has 1 amide bonds. The molecule has 0 bridgehead atoms. The van der Waals surface area contributed by atoms with E-state index >= 15 is 0 Å². The number of anilines is 1. The van der Waals surface area contributed by atoms with Crippen molar-refractivity contribution < 1.29 is 14.3 Å². The van der Waals surface area contributed by atoms with E-state index in [1.165, 1.54) is 11.3 Å². The molecule has 4 rings (SSSR count). The van der Waals surface area contributed by atoms with E-state index in [1.807, 2.05) is 18.2 Å². The van der Waals surface area contributed by atoms with E-state index < -0.39 is 0 Å². The number of benzene rings is 1. The smallest absolute Gasteiger partial charge is 0.251 e. The molecule has 0 aromatic heterocycles. The van der Waals surface area contributed by atoms with Crippen molar-refractivity contribution in [1.82, 2.24) is 5.32 Å². The third kappa shape index (κ3) is 3.28. The minimum atomic E-state index is -0.0891. The Labute approximate surface area is 143 Å². The lowest BCUT2D eigenvalue weighted by Gasteiger charge is -2.43. The summed E-state index contributed by atoms with van der Waals surface area (Å²) in [6, 6.07) is 6.20.